The summed E-state index contributed by atoms with van der Waals surface area (Å²) in [6.07, 6.45) is 80.2. The van der Waals surface area contributed by atoms with E-state index in [-0.39, 0.29) is 32.6 Å². The summed E-state index contributed by atoms with van der Waals surface area (Å²) in [4.78, 5) is 35.2. The fourth-order valence-corrected chi connectivity index (χ4v) is 8.82. The highest BCUT2D eigenvalue weighted by atomic mass is 31.2. The summed E-state index contributed by atoms with van der Waals surface area (Å²) in [5.74, 6) is -0.896. The van der Waals surface area contributed by atoms with Crippen molar-refractivity contribution >= 4 is 19.8 Å². The third-order valence-corrected chi connectivity index (χ3v) is 13.4. The van der Waals surface area contributed by atoms with E-state index < -0.39 is 32.5 Å². The molecule has 10 heteroatoms. The molecule has 0 saturated carbocycles. The first-order valence-electron chi connectivity index (χ1n) is 29.9. The summed E-state index contributed by atoms with van der Waals surface area (Å²) in [5, 5.41) is 0. The maximum Gasteiger partial charge on any atom is 0.472 e. The molecule has 0 aliphatic carbocycles. The Balaban J connectivity index is 4.10. The largest absolute Gasteiger partial charge is 0.472 e. The number of allylic oxidation sites excluding steroid dienone is 18. The SMILES string of the molecule is CC/C=C\C/C=C\C/C=C\C/C=C\C/C=C\C/C=C\C/C=C\C/C=C\C/C=C\CCCC(=O)OC(COC(=O)CCCCCCCCCCCCCCCCCCCCCCCCCC)COP(=O)(O)OCCN. The monoisotopic (exact) mass is 1050 g/mol. The van der Waals surface area contributed by atoms with E-state index in [0.717, 1.165) is 77.0 Å². The Morgan fingerprint density at radius 1 is 0.419 bits per heavy atom. The lowest BCUT2D eigenvalue weighted by Gasteiger charge is -2.19. The third kappa shape index (κ3) is 57.9. The van der Waals surface area contributed by atoms with Crippen LogP contribution in [0.25, 0.3) is 0 Å². The van der Waals surface area contributed by atoms with Crippen LogP contribution in [-0.4, -0.2) is 49.3 Å². The summed E-state index contributed by atoms with van der Waals surface area (Å²) in [7, 11) is -4.41. The molecule has 0 aliphatic rings. The molecule has 0 aromatic carbocycles. The van der Waals surface area contributed by atoms with Gasteiger partial charge in [-0.3, -0.25) is 18.6 Å². The summed E-state index contributed by atoms with van der Waals surface area (Å²) in [6.45, 7) is 3.58. The Kier molecular flexibility index (Phi) is 56.3. The van der Waals surface area contributed by atoms with Crippen LogP contribution < -0.4 is 5.73 Å². The number of phosphoric acid groups is 1. The van der Waals surface area contributed by atoms with Crippen molar-refractivity contribution in [3.05, 3.63) is 109 Å². The summed E-state index contributed by atoms with van der Waals surface area (Å²) in [5.41, 5.74) is 5.38. The maximum absolute atomic E-state index is 12.7. The van der Waals surface area contributed by atoms with Crippen molar-refractivity contribution in [1.82, 2.24) is 0 Å². The fraction of sp³-hybridized carbons (Fsp3) is 0.688. The molecule has 0 heterocycles. The molecule has 0 bridgehead atoms. The van der Waals surface area contributed by atoms with Crippen molar-refractivity contribution in [2.24, 2.45) is 5.73 Å². The predicted octanol–water partition coefficient (Wildman–Crippen LogP) is 19.0. The molecule has 74 heavy (non-hydrogen) atoms. The zero-order valence-corrected chi connectivity index (χ0v) is 48.2. The van der Waals surface area contributed by atoms with Crippen LogP contribution in [0.4, 0.5) is 0 Å². The average molecular weight is 1050 g/mol. The molecular weight excluding hydrogens is 942 g/mol. The molecule has 2 atom stereocenters. The minimum absolute atomic E-state index is 0.0396. The molecule has 0 spiro atoms. The van der Waals surface area contributed by atoms with E-state index in [4.69, 9.17) is 24.3 Å². The van der Waals surface area contributed by atoms with Crippen molar-refractivity contribution in [3.63, 3.8) is 0 Å². The average Bonchev–Trinajstić information content (AvgIpc) is 3.39. The molecule has 2 unspecified atom stereocenters. The second kappa shape index (κ2) is 58.9. The minimum atomic E-state index is -4.41. The lowest BCUT2D eigenvalue weighted by Crippen LogP contribution is -2.29. The number of hydrogen-bond donors (Lipinski definition) is 2. The van der Waals surface area contributed by atoms with Gasteiger partial charge in [-0.1, -0.05) is 271 Å². The highest BCUT2D eigenvalue weighted by molar-refractivity contribution is 7.47. The van der Waals surface area contributed by atoms with Gasteiger partial charge in [-0.2, -0.15) is 0 Å². The van der Waals surface area contributed by atoms with Crippen LogP contribution in [0.2, 0.25) is 0 Å². The third-order valence-electron chi connectivity index (χ3n) is 12.4. The van der Waals surface area contributed by atoms with Gasteiger partial charge in [0, 0.05) is 19.4 Å². The molecule has 3 N–H and O–H groups in total. The topological polar surface area (TPSA) is 134 Å². The van der Waals surface area contributed by atoms with Crippen LogP contribution in [0.5, 0.6) is 0 Å². The molecular formula is C64H110NO8P. The number of carbonyl (C=O) groups is 2. The van der Waals surface area contributed by atoms with Crippen molar-refractivity contribution in [2.75, 3.05) is 26.4 Å². The van der Waals surface area contributed by atoms with E-state index in [0.29, 0.717) is 12.8 Å². The van der Waals surface area contributed by atoms with Crippen LogP contribution in [0.15, 0.2) is 109 Å². The van der Waals surface area contributed by atoms with E-state index >= 15 is 0 Å². The second-order valence-corrected chi connectivity index (χ2v) is 20.9. The molecule has 0 aromatic heterocycles. The Labute approximate surface area is 454 Å². The Hall–Kier alpha value is -3.33. The quantitative estimate of drug-likeness (QED) is 0.0264. The first-order valence-corrected chi connectivity index (χ1v) is 31.4. The smallest absolute Gasteiger partial charge is 0.462 e. The van der Waals surface area contributed by atoms with Gasteiger partial charge in [0.1, 0.15) is 6.61 Å². The van der Waals surface area contributed by atoms with Gasteiger partial charge >= 0.3 is 19.8 Å². The molecule has 9 nitrogen and oxygen atoms in total. The van der Waals surface area contributed by atoms with E-state index in [1.165, 1.54) is 135 Å². The van der Waals surface area contributed by atoms with Crippen LogP contribution in [0.1, 0.15) is 251 Å². The first kappa shape index (κ1) is 70.7. The van der Waals surface area contributed by atoms with Crippen LogP contribution in [-0.2, 0) is 32.7 Å². The van der Waals surface area contributed by atoms with Gasteiger partial charge in [-0.05, 0) is 77.0 Å². The number of phosphoric ester groups is 1. The number of rotatable bonds is 55. The second-order valence-electron chi connectivity index (χ2n) is 19.5. The highest BCUT2D eigenvalue weighted by Gasteiger charge is 2.26. The maximum atomic E-state index is 12.7. The summed E-state index contributed by atoms with van der Waals surface area (Å²) >= 11 is 0. The van der Waals surface area contributed by atoms with Crippen LogP contribution >= 0.6 is 7.82 Å². The van der Waals surface area contributed by atoms with Gasteiger partial charge in [0.15, 0.2) is 6.10 Å². The molecule has 0 amide bonds. The van der Waals surface area contributed by atoms with E-state index in [1.807, 2.05) is 6.08 Å². The van der Waals surface area contributed by atoms with Gasteiger partial charge in [0.2, 0.25) is 0 Å². The van der Waals surface area contributed by atoms with Crippen molar-refractivity contribution in [1.29, 1.82) is 0 Å². The Morgan fingerprint density at radius 2 is 0.743 bits per heavy atom. The van der Waals surface area contributed by atoms with Crippen molar-refractivity contribution in [3.8, 4) is 0 Å². The summed E-state index contributed by atoms with van der Waals surface area (Å²) < 4.78 is 33.0. The van der Waals surface area contributed by atoms with E-state index in [1.54, 1.807) is 0 Å². The number of unbranched alkanes of at least 4 members (excludes halogenated alkanes) is 24. The molecule has 0 rings (SSSR count). The molecule has 0 saturated heterocycles. The highest BCUT2D eigenvalue weighted by Crippen LogP contribution is 2.43. The van der Waals surface area contributed by atoms with E-state index in [2.05, 4.69) is 117 Å². The molecule has 0 fully saturated rings. The number of esters is 2. The number of ether oxygens (including phenoxy) is 2. The molecule has 424 valence electrons. The zero-order chi connectivity index (χ0) is 53.8. The number of carbonyl (C=O) groups excluding carboxylic acids is 2. The summed E-state index contributed by atoms with van der Waals surface area (Å²) in [6, 6.07) is 0. The minimum Gasteiger partial charge on any atom is -0.462 e. The van der Waals surface area contributed by atoms with Crippen LogP contribution in [0, 0.1) is 0 Å². The van der Waals surface area contributed by atoms with Crippen molar-refractivity contribution < 1.29 is 37.6 Å². The van der Waals surface area contributed by atoms with Gasteiger partial charge in [-0.15, -0.1) is 0 Å². The molecule has 0 radical (unpaired) electrons. The lowest BCUT2D eigenvalue weighted by molar-refractivity contribution is -0.161. The Bertz CT molecular complexity index is 1580. The number of hydrogen-bond acceptors (Lipinski definition) is 8. The van der Waals surface area contributed by atoms with Crippen LogP contribution in [0.3, 0.4) is 0 Å². The van der Waals surface area contributed by atoms with Gasteiger partial charge in [0.05, 0.1) is 13.2 Å². The molecule has 0 aliphatic heterocycles. The number of nitrogens with two attached hydrogens (primary N) is 1. The first-order chi connectivity index (χ1) is 36.3. The standard InChI is InChI=1S/C64H110NO8P/c1-3-5-7-9-11-13-15-17-19-21-23-25-27-29-30-31-32-33-35-37-39-41-43-45-47-49-51-53-55-57-64(67)73-62(61-72-74(68,69)71-59-58-65)60-70-63(66)56-54-52-50-48-46-44-42-40-38-36-34-28-26-24-22-20-18-16-14-12-10-8-6-4-2/h5,7,11,13,17,19,23,25,29-30,32-33,37,39,43,45,49,51,62H,3-4,6,8-10,12,14-16,18,20-22,24,26-28,31,34-36,38,40-42,44,46-48,50,52-61,65H2,1-2H3,(H,68,69)/b7-5-,13-11-,19-17-,25-23-,30-29-,33-32-,39-37-,45-43-,51-49-. The van der Waals surface area contributed by atoms with Gasteiger partial charge in [0.25, 0.3) is 0 Å². The van der Waals surface area contributed by atoms with Crippen molar-refractivity contribution in [2.45, 2.75) is 258 Å². The Morgan fingerprint density at radius 3 is 1.09 bits per heavy atom. The van der Waals surface area contributed by atoms with E-state index in [9.17, 15) is 19.0 Å². The van der Waals surface area contributed by atoms with Gasteiger partial charge in [-0.25, -0.2) is 4.57 Å². The van der Waals surface area contributed by atoms with Gasteiger partial charge < -0.3 is 20.1 Å². The zero-order valence-electron chi connectivity index (χ0n) is 47.3. The lowest BCUT2D eigenvalue weighted by atomic mass is 10.0. The predicted molar refractivity (Wildman–Crippen MR) is 316 cm³/mol. The normalized spacial score (nSPS) is 13.8. The fourth-order valence-electron chi connectivity index (χ4n) is 8.05. The molecule has 0 aromatic rings.